The fourth-order valence-electron chi connectivity index (χ4n) is 4.26. The van der Waals surface area contributed by atoms with Crippen molar-refractivity contribution in [3.05, 3.63) is 53.7 Å². The number of aromatic nitrogens is 2. The number of nitrogens with zero attached hydrogens (tertiary/aromatic N) is 3. The Labute approximate surface area is 163 Å². The first-order valence-electron chi connectivity index (χ1n) is 9.78. The summed E-state index contributed by atoms with van der Waals surface area (Å²) < 4.78 is 14.2. The Morgan fingerprint density at radius 3 is 2.79 bits per heavy atom. The first-order valence-corrected chi connectivity index (χ1v) is 9.78. The number of fused-ring (bicyclic) bond motifs is 1. The number of nitrogens with one attached hydrogen (secondary N) is 1. The monoisotopic (exact) mass is 382 g/mol. The van der Waals surface area contributed by atoms with E-state index in [0.717, 1.165) is 25.7 Å². The average molecular weight is 382 g/mol. The van der Waals surface area contributed by atoms with Gasteiger partial charge in [-0.25, -0.2) is 9.37 Å². The van der Waals surface area contributed by atoms with Crippen LogP contribution in [0.25, 0.3) is 0 Å². The van der Waals surface area contributed by atoms with Crippen molar-refractivity contribution in [1.29, 1.82) is 0 Å². The molecule has 7 heteroatoms. The molecule has 1 aromatic carbocycles. The van der Waals surface area contributed by atoms with Gasteiger partial charge < -0.3 is 10.2 Å². The number of benzene rings is 1. The highest BCUT2D eigenvalue weighted by Crippen LogP contribution is 2.33. The van der Waals surface area contributed by atoms with Crippen LogP contribution < -0.4 is 5.32 Å². The lowest BCUT2D eigenvalue weighted by molar-refractivity contribution is -0.121. The molecule has 1 aliphatic carbocycles. The normalized spacial score (nSPS) is 18.0. The van der Waals surface area contributed by atoms with Crippen molar-refractivity contribution in [3.8, 4) is 0 Å². The van der Waals surface area contributed by atoms with Gasteiger partial charge in [0.1, 0.15) is 11.9 Å². The summed E-state index contributed by atoms with van der Waals surface area (Å²) in [6.07, 6.45) is 10.7. The van der Waals surface area contributed by atoms with Gasteiger partial charge in [-0.1, -0.05) is 38.2 Å². The molecule has 4 rings (SSSR count). The molecule has 6 nitrogen and oxygen atoms in total. The first kappa shape index (κ1) is 18.5. The number of carbonyl (C=O) groups is 2. The Kier molecular flexibility index (Phi) is 5.32. The third kappa shape index (κ3) is 3.74. The van der Waals surface area contributed by atoms with Gasteiger partial charge in [-0.15, -0.1) is 0 Å². The van der Waals surface area contributed by atoms with E-state index in [1.165, 1.54) is 42.0 Å². The summed E-state index contributed by atoms with van der Waals surface area (Å²) in [6.45, 7) is 0.117. The predicted molar refractivity (Wildman–Crippen MR) is 102 cm³/mol. The molecule has 2 aliphatic rings. The minimum absolute atomic E-state index is 0.117. The van der Waals surface area contributed by atoms with Gasteiger partial charge in [0, 0.05) is 23.5 Å². The maximum Gasteiger partial charge on any atom is 0.255 e. The molecule has 0 saturated heterocycles. The van der Waals surface area contributed by atoms with Crippen molar-refractivity contribution >= 4 is 17.6 Å². The van der Waals surface area contributed by atoms with E-state index in [2.05, 4.69) is 15.3 Å². The Hall–Kier alpha value is -2.83. The molecule has 28 heavy (non-hydrogen) atoms. The van der Waals surface area contributed by atoms with Crippen LogP contribution in [0.1, 0.15) is 54.4 Å². The molecule has 1 unspecified atom stereocenters. The summed E-state index contributed by atoms with van der Waals surface area (Å²) in [4.78, 5) is 35.6. The van der Waals surface area contributed by atoms with Gasteiger partial charge in [-0.05, 0) is 24.5 Å². The smallest absolute Gasteiger partial charge is 0.255 e. The number of rotatable bonds is 5. The molecular weight excluding hydrogens is 359 g/mol. The Morgan fingerprint density at radius 2 is 2.07 bits per heavy atom. The summed E-state index contributed by atoms with van der Waals surface area (Å²) in [5.41, 5.74) is 0.717. The predicted octanol–water partition coefficient (Wildman–Crippen LogP) is 3.55. The molecule has 1 atom stereocenters. The number of halogens is 1. The molecule has 146 valence electrons. The minimum Gasteiger partial charge on any atom is -0.322 e. The molecule has 1 fully saturated rings. The second kappa shape index (κ2) is 8.04. The van der Waals surface area contributed by atoms with Crippen LogP contribution in [-0.2, 0) is 11.3 Å². The molecule has 0 radical (unpaired) electrons. The Bertz CT molecular complexity index is 868. The number of carbonyl (C=O) groups excluding carboxylic acids is 2. The van der Waals surface area contributed by atoms with E-state index in [4.69, 9.17) is 0 Å². The molecule has 1 aliphatic heterocycles. The first-order chi connectivity index (χ1) is 13.6. The average Bonchev–Trinajstić information content (AvgIpc) is 3.05. The van der Waals surface area contributed by atoms with E-state index in [-0.39, 0.29) is 18.4 Å². The second-order valence-electron chi connectivity index (χ2n) is 7.53. The third-order valence-electron chi connectivity index (χ3n) is 5.71. The summed E-state index contributed by atoms with van der Waals surface area (Å²) in [5, 5.41) is 2.77. The zero-order valence-electron chi connectivity index (χ0n) is 15.6. The molecule has 2 amide bonds. The van der Waals surface area contributed by atoms with Crippen molar-refractivity contribution in [2.24, 2.45) is 5.92 Å². The van der Waals surface area contributed by atoms with Crippen LogP contribution in [0.5, 0.6) is 0 Å². The highest BCUT2D eigenvalue weighted by Gasteiger charge is 2.39. The van der Waals surface area contributed by atoms with Gasteiger partial charge in [0.05, 0.1) is 12.7 Å². The lowest BCUT2D eigenvalue weighted by atomic mass is 9.84. The van der Waals surface area contributed by atoms with E-state index >= 15 is 0 Å². The number of anilines is 1. The molecular formula is C21H23FN4O2. The molecule has 0 bridgehead atoms. The van der Waals surface area contributed by atoms with E-state index < -0.39 is 11.9 Å². The van der Waals surface area contributed by atoms with Gasteiger partial charge in [-0.3, -0.25) is 14.6 Å². The molecule has 2 heterocycles. The molecule has 1 N–H and O–H groups in total. The zero-order valence-corrected chi connectivity index (χ0v) is 15.6. The van der Waals surface area contributed by atoms with Crippen LogP contribution in [0.2, 0.25) is 0 Å². The number of hydrogen-bond donors (Lipinski definition) is 1. The fraction of sp³-hybridized carbons (Fsp3) is 0.429. The van der Waals surface area contributed by atoms with Gasteiger partial charge in [0.2, 0.25) is 5.91 Å². The van der Waals surface area contributed by atoms with Crippen LogP contribution in [-0.4, -0.2) is 32.7 Å². The van der Waals surface area contributed by atoms with Crippen LogP contribution in [0, 0.1) is 11.7 Å². The quantitative estimate of drug-likeness (QED) is 0.858. The van der Waals surface area contributed by atoms with Gasteiger partial charge >= 0.3 is 0 Å². The van der Waals surface area contributed by atoms with Gasteiger partial charge in [0.15, 0.2) is 5.82 Å². The molecule has 1 saturated carbocycles. The maximum absolute atomic E-state index is 14.2. The fourth-order valence-corrected chi connectivity index (χ4v) is 4.26. The highest BCUT2D eigenvalue weighted by molar-refractivity contribution is 6.03. The maximum atomic E-state index is 14.2. The zero-order chi connectivity index (χ0) is 19.5. The van der Waals surface area contributed by atoms with Crippen LogP contribution >= 0.6 is 0 Å². The van der Waals surface area contributed by atoms with Crippen LogP contribution in [0.3, 0.4) is 0 Å². The topological polar surface area (TPSA) is 75.2 Å². The van der Waals surface area contributed by atoms with E-state index in [0.29, 0.717) is 29.3 Å². The van der Waals surface area contributed by atoms with Crippen molar-refractivity contribution < 1.29 is 14.0 Å². The number of hydrogen-bond acceptors (Lipinski definition) is 4. The van der Waals surface area contributed by atoms with Gasteiger partial charge in [-0.2, -0.15) is 0 Å². The lowest BCUT2D eigenvalue weighted by Crippen LogP contribution is -2.45. The highest BCUT2D eigenvalue weighted by atomic mass is 19.1. The molecule has 2 aromatic rings. The third-order valence-corrected chi connectivity index (χ3v) is 5.71. The Balaban J connectivity index is 1.58. The second-order valence-corrected chi connectivity index (χ2v) is 7.53. The molecule has 0 spiro atoms. The SMILES string of the molecule is O=C(Nc1cnccn1)C(CC1CCCCC1)N1Cc2c(F)cccc2C1=O. The van der Waals surface area contributed by atoms with Crippen molar-refractivity contribution in [2.45, 2.75) is 51.1 Å². The summed E-state index contributed by atoms with van der Waals surface area (Å²) in [5.74, 6) is -0.263. The van der Waals surface area contributed by atoms with Crippen LogP contribution in [0.15, 0.2) is 36.8 Å². The lowest BCUT2D eigenvalue weighted by Gasteiger charge is -2.31. The standard InChI is InChI=1S/C21H23FN4O2/c22-17-8-4-7-15-16(17)13-26(21(15)28)18(11-14-5-2-1-3-6-14)20(27)25-19-12-23-9-10-24-19/h4,7-10,12,14,18H,1-3,5-6,11,13H2,(H,24,25,27). The number of amides is 2. The van der Waals surface area contributed by atoms with Crippen molar-refractivity contribution in [1.82, 2.24) is 14.9 Å². The Morgan fingerprint density at radius 1 is 1.25 bits per heavy atom. The summed E-state index contributed by atoms with van der Waals surface area (Å²) >= 11 is 0. The van der Waals surface area contributed by atoms with Crippen molar-refractivity contribution in [3.63, 3.8) is 0 Å². The summed E-state index contributed by atoms with van der Waals surface area (Å²) in [7, 11) is 0. The largest absolute Gasteiger partial charge is 0.322 e. The van der Waals surface area contributed by atoms with Crippen LogP contribution in [0.4, 0.5) is 10.2 Å². The van der Waals surface area contributed by atoms with Gasteiger partial charge in [0.25, 0.3) is 5.91 Å². The van der Waals surface area contributed by atoms with Crippen molar-refractivity contribution in [2.75, 3.05) is 5.32 Å². The van der Waals surface area contributed by atoms with E-state index in [1.807, 2.05) is 0 Å². The van der Waals surface area contributed by atoms with E-state index in [1.54, 1.807) is 6.07 Å². The summed E-state index contributed by atoms with van der Waals surface area (Å²) in [6, 6.07) is 3.85. The van der Waals surface area contributed by atoms with E-state index in [9.17, 15) is 14.0 Å². The minimum atomic E-state index is -0.663. The molecule has 1 aromatic heterocycles.